The Kier molecular flexibility index (Phi) is 5.35. The first-order valence-electron chi connectivity index (χ1n) is 8.61. The third kappa shape index (κ3) is 3.98. The van der Waals surface area contributed by atoms with E-state index in [4.69, 9.17) is 5.73 Å². The van der Waals surface area contributed by atoms with Gasteiger partial charge in [-0.25, -0.2) is 0 Å². The van der Waals surface area contributed by atoms with Gasteiger partial charge in [0.2, 0.25) is 11.8 Å². The van der Waals surface area contributed by atoms with Crippen molar-refractivity contribution >= 4 is 29.1 Å². The number of amides is 3. The van der Waals surface area contributed by atoms with Crippen LogP contribution in [0.1, 0.15) is 33.6 Å². The molecule has 0 unspecified atom stereocenters. The molecule has 1 fully saturated rings. The average molecular weight is 382 g/mol. The fourth-order valence-corrected chi connectivity index (χ4v) is 2.97. The summed E-state index contributed by atoms with van der Waals surface area (Å²) >= 11 is 0. The quantitative estimate of drug-likeness (QED) is 0.603. The van der Waals surface area contributed by atoms with Crippen molar-refractivity contribution in [1.82, 2.24) is 4.90 Å². The highest BCUT2D eigenvalue weighted by atomic mass is 16.6. The molecule has 2 aromatic carbocycles. The van der Waals surface area contributed by atoms with E-state index in [0.717, 1.165) is 6.42 Å². The maximum atomic E-state index is 13.1. The third-order valence-electron chi connectivity index (χ3n) is 4.52. The number of hydrogen-bond donors (Lipinski definition) is 1. The minimum Gasteiger partial charge on any atom is -0.366 e. The summed E-state index contributed by atoms with van der Waals surface area (Å²) in [7, 11) is 0. The van der Waals surface area contributed by atoms with E-state index in [2.05, 4.69) is 0 Å². The lowest BCUT2D eigenvalue weighted by atomic mass is 10.1. The molecule has 1 saturated heterocycles. The highest BCUT2D eigenvalue weighted by molar-refractivity contribution is 6.06. The number of hydrogen-bond acceptors (Lipinski definition) is 5. The zero-order chi connectivity index (χ0) is 20.3. The number of primary amides is 1. The number of rotatable bonds is 6. The van der Waals surface area contributed by atoms with Crippen molar-refractivity contribution in [1.29, 1.82) is 0 Å². The molecule has 0 atom stereocenters. The summed E-state index contributed by atoms with van der Waals surface area (Å²) < 4.78 is 0. The van der Waals surface area contributed by atoms with Gasteiger partial charge in [0.05, 0.1) is 4.92 Å². The Labute approximate surface area is 160 Å². The van der Waals surface area contributed by atoms with Crippen molar-refractivity contribution in [2.24, 2.45) is 5.73 Å². The summed E-state index contributed by atoms with van der Waals surface area (Å²) in [5.74, 6) is -1.05. The molecule has 1 aliphatic heterocycles. The molecule has 0 aliphatic carbocycles. The first-order valence-corrected chi connectivity index (χ1v) is 8.61. The van der Waals surface area contributed by atoms with Crippen molar-refractivity contribution in [3.05, 3.63) is 69.8 Å². The Balaban J connectivity index is 1.92. The molecule has 1 aliphatic rings. The van der Waals surface area contributed by atoms with Crippen LogP contribution in [0.15, 0.2) is 48.5 Å². The predicted octanol–water partition coefficient (Wildman–Crippen LogP) is 1.92. The first-order chi connectivity index (χ1) is 13.4. The Morgan fingerprint density at radius 3 is 2.18 bits per heavy atom. The molecule has 0 radical (unpaired) electrons. The first kappa shape index (κ1) is 19.0. The summed E-state index contributed by atoms with van der Waals surface area (Å²) in [6, 6.07) is 11.4. The van der Waals surface area contributed by atoms with E-state index in [1.165, 1.54) is 41.3 Å². The lowest BCUT2D eigenvalue weighted by Gasteiger charge is -2.28. The van der Waals surface area contributed by atoms with Crippen LogP contribution in [0.2, 0.25) is 0 Å². The molecule has 3 amide bonds. The zero-order valence-electron chi connectivity index (χ0n) is 14.9. The molecule has 2 N–H and O–H groups in total. The average Bonchev–Trinajstić information content (AvgIpc) is 3.10. The molecule has 28 heavy (non-hydrogen) atoms. The molecule has 0 bridgehead atoms. The monoisotopic (exact) mass is 382 g/mol. The van der Waals surface area contributed by atoms with Gasteiger partial charge in [-0.3, -0.25) is 29.4 Å². The second-order valence-corrected chi connectivity index (χ2v) is 6.35. The van der Waals surface area contributed by atoms with E-state index in [1.54, 1.807) is 17.0 Å². The standard InChI is InChI=1S/C19H18N4O5/c20-18(25)13-3-7-15(8-4-13)22(12-21-11-1-2-17(21)24)19(26)14-5-9-16(10-6-14)23(27)28/h3-10H,1-2,11-12H2,(H2,20,25). The normalized spacial score (nSPS) is 13.4. The lowest BCUT2D eigenvalue weighted by molar-refractivity contribution is -0.384. The van der Waals surface area contributed by atoms with Crippen molar-refractivity contribution < 1.29 is 19.3 Å². The highest BCUT2D eigenvalue weighted by Crippen LogP contribution is 2.22. The minimum absolute atomic E-state index is 0.0461. The maximum Gasteiger partial charge on any atom is 0.269 e. The number of anilines is 1. The fraction of sp³-hybridized carbons (Fsp3) is 0.211. The van der Waals surface area contributed by atoms with E-state index in [-0.39, 0.29) is 23.8 Å². The number of likely N-dealkylation sites (tertiary alicyclic amines) is 1. The largest absolute Gasteiger partial charge is 0.366 e. The van der Waals surface area contributed by atoms with E-state index in [1.807, 2.05) is 0 Å². The smallest absolute Gasteiger partial charge is 0.269 e. The number of nitro benzene ring substituents is 1. The number of non-ortho nitro benzene ring substituents is 1. The van der Waals surface area contributed by atoms with Crippen LogP contribution < -0.4 is 10.6 Å². The summed E-state index contributed by atoms with van der Waals surface area (Å²) in [5.41, 5.74) is 6.15. The van der Waals surface area contributed by atoms with Crippen LogP contribution in [0.25, 0.3) is 0 Å². The van der Waals surface area contributed by atoms with E-state index in [0.29, 0.717) is 24.2 Å². The van der Waals surface area contributed by atoms with Crippen LogP contribution in [0.5, 0.6) is 0 Å². The molecule has 1 heterocycles. The van der Waals surface area contributed by atoms with Crippen molar-refractivity contribution in [3.8, 4) is 0 Å². The molecule has 0 spiro atoms. The molecule has 0 aromatic heterocycles. The van der Waals surface area contributed by atoms with Crippen LogP contribution in [-0.2, 0) is 4.79 Å². The van der Waals surface area contributed by atoms with Gasteiger partial charge in [0.1, 0.15) is 6.67 Å². The number of benzene rings is 2. The number of nitrogens with zero attached hydrogens (tertiary/aromatic N) is 3. The fourth-order valence-electron chi connectivity index (χ4n) is 2.97. The summed E-state index contributed by atoms with van der Waals surface area (Å²) in [6.07, 6.45) is 1.15. The second kappa shape index (κ2) is 7.87. The van der Waals surface area contributed by atoms with Crippen LogP contribution in [0, 0.1) is 10.1 Å². The number of carbonyl (C=O) groups is 3. The van der Waals surface area contributed by atoms with Crippen LogP contribution in [0.4, 0.5) is 11.4 Å². The summed E-state index contributed by atoms with van der Waals surface area (Å²) in [6.45, 7) is 0.590. The van der Waals surface area contributed by atoms with Crippen molar-refractivity contribution in [2.45, 2.75) is 12.8 Å². The van der Waals surface area contributed by atoms with Gasteiger partial charge < -0.3 is 10.6 Å². The van der Waals surface area contributed by atoms with Crippen molar-refractivity contribution in [3.63, 3.8) is 0 Å². The van der Waals surface area contributed by atoms with Gasteiger partial charge in [-0.05, 0) is 42.8 Å². The van der Waals surface area contributed by atoms with E-state index >= 15 is 0 Å². The summed E-state index contributed by atoms with van der Waals surface area (Å²) in [5, 5.41) is 10.8. The van der Waals surface area contributed by atoms with Crippen molar-refractivity contribution in [2.75, 3.05) is 18.1 Å². The molecule has 2 aromatic rings. The molecular weight excluding hydrogens is 364 g/mol. The van der Waals surface area contributed by atoms with Crippen LogP contribution in [0.3, 0.4) is 0 Å². The van der Waals surface area contributed by atoms with Gasteiger partial charge >= 0.3 is 0 Å². The van der Waals surface area contributed by atoms with Gasteiger partial charge in [-0.2, -0.15) is 0 Å². The Hall–Kier alpha value is -3.75. The lowest BCUT2D eigenvalue weighted by Crippen LogP contribution is -2.42. The summed E-state index contributed by atoms with van der Waals surface area (Å²) in [4.78, 5) is 49.6. The number of carbonyl (C=O) groups excluding carboxylic acids is 3. The maximum absolute atomic E-state index is 13.1. The number of nitrogens with two attached hydrogens (primary N) is 1. The highest BCUT2D eigenvalue weighted by Gasteiger charge is 2.26. The van der Waals surface area contributed by atoms with Gasteiger partial charge in [-0.15, -0.1) is 0 Å². The topological polar surface area (TPSA) is 127 Å². The molecule has 0 saturated carbocycles. The SMILES string of the molecule is NC(=O)c1ccc(N(CN2CCCC2=O)C(=O)c2ccc([N+](=O)[O-])cc2)cc1. The molecular formula is C19H18N4O5. The van der Waals surface area contributed by atoms with Gasteiger partial charge in [0.15, 0.2) is 0 Å². The Morgan fingerprint density at radius 2 is 1.68 bits per heavy atom. The van der Waals surface area contributed by atoms with Gasteiger partial charge in [0.25, 0.3) is 11.6 Å². The molecule has 9 heteroatoms. The Morgan fingerprint density at radius 1 is 1.07 bits per heavy atom. The van der Waals surface area contributed by atoms with Gasteiger partial charge in [0, 0.05) is 41.9 Å². The molecule has 144 valence electrons. The van der Waals surface area contributed by atoms with E-state index < -0.39 is 16.7 Å². The predicted molar refractivity (Wildman–Crippen MR) is 101 cm³/mol. The zero-order valence-corrected chi connectivity index (χ0v) is 14.9. The molecule has 3 rings (SSSR count). The third-order valence-corrected chi connectivity index (χ3v) is 4.52. The minimum atomic E-state index is -0.588. The molecule has 9 nitrogen and oxygen atoms in total. The van der Waals surface area contributed by atoms with Crippen LogP contribution in [-0.4, -0.2) is 40.8 Å². The van der Waals surface area contributed by atoms with E-state index in [9.17, 15) is 24.5 Å². The van der Waals surface area contributed by atoms with Crippen LogP contribution >= 0.6 is 0 Å². The second-order valence-electron chi connectivity index (χ2n) is 6.35. The number of nitro groups is 1. The van der Waals surface area contributed by atoms with Gasteiger partial charge in [-0.1, -0.05) is 0 Å². The Bertz CT molecular complexity index is 924.